The van der Waals surface area contributed by atoms with Crippen molar-refractivity contribution in [3.05, 3.63) is 71.4 Å². The van der Waals surface area contributed by atoms with E-state index in [1.54, 1.807) is 24.3 Å². The van der Waals surface area contributed by atoms with Crippen LogP contribution in [0.25, 0.3) is 11.3 Å². The van der Waals surface area contributed by atoms with E-state index < -0.39 is 5.91 Å². The Morgan fingerprint density at radius 3 is 2.60 bits per heavy atom. The molecule has 7 heteroatoms. The maximum Gasteiger partial charge on any atom is 0.255 e. The Labute approximate surface area is 175 Å². The molecule has 4 rings (SSSR count). The predicted molar refractivity (Wildman–Crippen MR) is 113 cm³/mol. The van der Waals surface area contributed by atoms with Gasteiger partial charge in [-0.2, -0.15) is 5.10 Å². The van der Waals surface area contributed by atoms with Crippen LogP contribution in [0.3, 0.4) is 0 Å². The van der Waals surface area contributed by atoms with E-state index in [1.165, 1.54) is 11.3 Å². The van der Waals surface area contributed by atoms with Crippen LogP contribution in [0.1, 0.15) is 21.6 Å². The van der Waals surface area contributed by atoms with Gasteiger partial charge in [0.05, 0.1) is 5.69 Å². The molecule has 7 nitrogen and oxygen atoms in total. The summed E-state index contributed by atoms with van der Waals surface area (Å²) in [7, 11) is 1.96. The van der Waals surface area contributed by atoms with Gasteiger partial charge in [0.2, 0.25) is 0 Å². The molecule has 30 heavy (non-hydrogen) atoms. The number of carbonyl (C=O) groups is 2. The van der Waals surface area contributed by atoms with E-state index in [2.05, 4.69) is 12.1 Å². The minimum absolute atomic E-state index is 0.0541. The lowest BCUT2D eigenvalue weighted by molar-refractivity contribution is -0.119. The van der Waals surface area contributed by atoms with Gasteiger partial charge >= 0.3 is 0 Å². The Hall–Kier alpha value is -3.61. The Morgan fingerprint density at radius 1 is 1.07 bits per heavy atom. The van der Waals surface area contributed by atoms with E-state index in [1.807, 2.05) is 34.8 Å². The minimum atomic E-state index is -0.556. The smallest absolute Gasteiger partial charge is 0.255 e. The summed E-state index contributed by atoms with van der Waals surface area (Å²) in [6.07, 6.45) is 1.49. The lowest BCUT2D eigenvalue weighted by atomic mass is 10.0. The van der Waals surface area contributed by atoms with E-state index in [9.17, 15) is 9.59 Å². The molecule has 0 bridgehead atoms. The Bertz CT molecular complexity index is 1080. The number of carbonyl (C=O) groups excluding carboxylic acids is 2. The third-order valence-corrected chi connectivity index (χ3v) is 5.32. The van der Waals surface area contributed by atoms with Gasteiger partial charge in [-0.15, -0.1) is 0 Å². The van der Waals surface area contributed by atoms with Gasteiger partial charge in [0.1, 0.15) is 5.75 Å². The number of primary amides is 1. The van der Waals surface area contributed by atoms with Gasteiger partial charge in [-0.3, -0.25) is 14.3 Å². The molecule has 0 saturated carbocycles. The summed E-state index contributed by atoms with van der Waals surface area (Å²) in [6.45, 7) is 1.02. The first-order valence-corrected chi connectivity index (χ1v) is 9.93. The Balaban J connectivity index is 1.52. The van der Waals surface area contributed by atoms with Crippen LogP contribution in [0.2, 0.25) is 0 Å². The average Bonchev–Trinajstić information content (AvgIpc) is 2.93. The van der Waals surface area contributed by atoms with Gasteiger partial charge in [0.15, 0.2) is 6.61 Å². The molecular formula is C23H24N4O3. The summed E-state index contributed by atoms with van der Waals surface area (Å²) in [5, 5.41) is 4.74. The molecule has 2 amide bonds. The van der Waals surface area contributed by atoms with Gasteiger partial charge in [-0.1, -0.05) is 36.4 Å². The summed E-state index contributed by atoms with van der Waals surface area (Å²) >= 11 is 0. The van der Waals surface area contributed by atoms with Gasteiger partial charge in [-0.05, 0) is 24.6 Å². The van der Waals surface area contributed by atoms with Crippen LogP contribution < -0.4 is 10.5 Å². The SMILES string of the molecule is Cn1nc(-c2ccccc2)c2c1CCN(C(=O)c1cccc(OCC(N)=O)c1)CC2. The Morgan fingerprint density at radius 2 is 1.83 bits per heavy atom. The number of fused-ring (bicyclic) bond motifs is 1. The number of hydrogen-bond donors (Lipinski definition) is 1. The number of nitrogens with two attached hydrogens (primary N) is 1. The lowest BCUT2D eigenvalue weighted by Gasteiger charge is -2.21. The molecule has 0 aliphatic carbocycles. The molecule has 1 aromatic heterocycles. The van der Waals surface area contributed by atoms with Crippen molar-refractivity contribution in [2.45, 2.75) is 12.8 Å². The van der Waals surface area contributed by atoms with Crippen LogP contribution >= 0.6 is 0 Å². The molecule has 3 aromatic rings. The maximum atomic E-state index is 13.1. The van der Waals surface area contributed by atoms with E-state index in [0.717, 1.165) is 24.1 Å². The highest BCUT2D eigenvalue weighted by atomic mass is 16.5. The summed E-state index contributed by atoms with van der Waals surface area (Å²) in [5.74, 6) is -0.158. The zero-order chi connectivity index (χ0) is 21.1. The highest BCUT2D eigenvalue weighted by Gasteiger charge is 2.25. The van der Waals surface area contributed by atoms with Crippen LogP contribution in [-0.2, 0) is 24.7 Å². The largest absolute Gasteiger partial charge is 0.484 e. The van der Waals surface area contributed by atoms with Crippen LogP contribution in [0.15, 0.2) is 54.6 Å². The normalized spacial score (nSPS) is 13.4. The number of rotatable bonds is 5. The number of aryl methyl sites for hydroxylation is 1. The molecule has 0 spiro atoms. The fraction of sp³-hybridized carbons (Fsp3) is 0.261. The number of hydrogen-bond acceptors (Lipinski definition) is 4. The topological polar surface area (TPSA) is 90.4 Å². The highest BCUT2D eigenvalue weighted by molar-refractivity contribution is 5.94. The second-order valence-corrected chi connectivity index (χ2v) is 7.34. The third-order valence-electron chi connectivity index (χ3n) is 5.32. The fourth-order valence-corrected chi connectivity index (χ4v) is 3.86. The van der Waals surface area contributed by atoms with E-state index in [-0.39, 0.29) is 12.5 Å². The standard InChI is InChI=1S/C23H24N4O3/c1-26-20-11-13-27(12-10-19(20)22(25-26)16-6-3-2-4-7-16)23(29)17-8-5-9-18(14-17)30-15-21(24)28/h2-9,14H,10-13,15H2,1H3,(H2,24,28). The van der Waals surface area contributed by atoms with Crippen LogP contribution in [0.5, 0.6) is 5.75 Å². The van der Waals surface area contributed by atoms with Crippen LogP contribution in [0.4, 0.5) is 0 Å². The molecule has 2 heterocycles. The first-order chi connectivity index (χ1) is 14.5. The third kappa shape index (κ3) is 4.05. The molecule has 0 unspecified atom stereocenters. The quantitative estimate of drug-likeness (QED) is 0.706. The van der Waals surface area contributed by atoms with Crippen molar-refractivity contribution in [2.75, 3.05) is 19.7 Å². The second-order valence-electron chi connectivity index (χ2n) is 7.34. The monoisotopic (exact) mass is 404 g/mol. The average molecular weight is 404 g/mol. The van der Waals surface area contributed by atoms with Crippen LogP contribution in [0, 0.1) is 0 Å². The summed E-state index contributed by atoms with van der Waals surface area (Å²) in [6, 6.07) is 17.0. The zero-order valence-electron chi connectivity index (χ0n) is 16.9. The van der Waals surface area contributed by atoms with Crippen LogP contribution in [-0.4, -0.2) is 46.2 Å². The number of ether oxygens (including phenoxy) is 1. The summed E-state index contributed by atoms with van der Waals surface area (Å²) < 4.78 is 7.27. The first kappa shape index (κ1) is 19.7. The lowest BCUT2D eigenvalue weighted by Crippen LogP contribution is -2.33. The van der Waals surface area contributed by atoms with Gasteiger partial charge in [-0.25, -0.2) is 0 Å². The molecule has 0 saturated heterocycles. The minimum Gasteiger partial charge on any atom is -0.484 e. The number of nitrogens with zero attached hydrogens (tertiary/aromatic N) is 3. The number of benzene rings is 2. The van der Waals surface area contributed by atoms with Crippen molar-refractivity contribution < 1.29 is 14.3 Å². The summed E-state index contributed by atoms with van der Waals surface area (Å²) in [5.41, 5.74) is 10.1. The Kier molecular flexibility index (Phi) is 5.52. The number of aromatic nitrogens is 2. The van der Waals surface area contributed by atoms with Crippen molar-refractivity contribution in [1.82, 2.24) is 14.7 Å². The van der Waals surface area contributed by atoms with E-state index in [0.29, 0.717) is 24.4 Å². The molecule has 1 aliphatic rings. The van der Waals surface area contributed by atoms with Crippen molar-refractivity contribution >= 4 is 11.8 Å². The number of amides is 2. The molecule has 2 aromatic carbocycles. The van der Waals surface area contributed by atoms with Gasteiger partial charge in [0.25, 0.3) is 11.8 Å². The first-order valence-electron chi connectivity index (χ1n) is 9.93. The van der Waals surface area contributed by atoms with Crippen molar-refractivity contribution in [1.29, 1.82) is 0 Å². The van der Waals surface area contributed by atoms with E-state index >= 15 is 0 Å². The van der Waals surface area contributed by atoms with Crippen molar-refractivity contribution in [3.63, 3.8) is 0 Å². The van der Waals surface area contributed by atoms with Gasteiger partial charge < -0.3 is 15.4 Å². The molecule has 2 N–H and O–H groups in total. The molecule has 0 atom stereocenters. The summed E-state index contributed by atoms with van der Waals surface area (Å²) in [4.78, 5) is 25.9. The molecule has 0 radical (unpaired) electrons. The van der Waals surface area contributed by atoms with Crippen molar-refractivity contribution in [3.8, 4) is 17.0 Å². The maximum absolute atomic E-state index is 13.1. The molecule has 0 fully saturated rings. The van der Waals surface area contributed by atoms with Gasteiger partial charge in [0, 0.05) is 48.9 Å². The zero-order valence-corrected chi connectivity index (χ0v) is 16.9. The highest BCUT2D eigenvalue weighted by Crippen LogP contribution is 2.28. The van der Waals surface area contributed by atoms with E-state index in [4.69, 9.17) is 15.6 Å². The van der Waals surface area contributed by atoms with Crippen molar-refractivity contribution in [2.24, 2.45) is 12.8 Å². The molecular weight excluding hydrogens is 380 g/mol. The molecule has 1 aliphatic heterocycles. The molecule has 154 valence electrons. The predicted octanol–water partition coefficient (Wildman–Crippen LogP) is 2.19. The fourth-order valence-electron chi connectivity index (χ4n) is 3.86. The second kappa shape index (κ2) is 8.41.